The highest BCUT2D eigenvalue weighted by Crippen LogP contribution is 2.24. The number of β-amino-alcohol motifs (C(OH)–C–C–N with tert-alkyl or cyclic N) is 1. The van der Waals surface area contributed by atoms with Gasteiger partial charge in [0.05, 0.1) is 12.6 Å². The van der Waals surface area contributed by atoms with Gasteiger partial charge in [0.1, 0.15) is 11.6 Å². The molecule has 2 aliphatic rings. The Morgan fingerprint density at radius 2 is 1.95 bits per heavy atom. The van der Waals surface area contributed by atoms with Gasteiger partial charge in [-0.1, -0.05) is 0 Å². The standard InChI is InChI=1S/C13H22N2O4/c1-13(2,3)19-12(18)15-7-9(16)6-10(15)11(17)14-8-4-5-8/h8-10,16H,4-7H2,1-3H3,(H,14,17)/t9-,10+/m1/s1. The number of likely N-dealkylation sites (tertiary alicyclic amines) is 1. The van der Waals surface area contributed by atoms with Crippen LogP contribution in [0.5, 0.6) is 0 Å². The lowest BCUT2D eigenvalue weighted by molar-refractivity contribution is -0.125. The molecule has 0 aromatic carbocycles. The summed E-state index contributed by atoms with van der Waals surface area (Å²) >= 11 is 0. The summed E-state index contributed by atoms with van der Waals surface area (Å²) in [5.74, 6) is -0.190. The summed E-state index contributed by atoms with van der Waals surface area (Å²) in [6.07, 6.45) is 1.06. The third-order valence-corrected chi connectivity index (χ3v) is 3.13. The maximum Gasteiger partial charge on any atom is 0.411 e. The first-order valence-corrected chi connectivity index (χ1v) is 6.74. The summed E-state index contributed by atoms with van der Waals surface area (Å²) in [6, 6.07) is -0.379. The number of hydrogen-bond donors (Lipinski definition) is 2. The van der Waals surface area contributed by atoms with E-state index in [0.717, 1.165) is 12.8 Å². The van der Waals surface area contributed by atoms with Crippen LogP contribution < -0.4 is 5.32 Å². The molecule has 19 heavy (non-hydrogen) atoms. The molecule has 6 heteroatoms. The molecular formula is C13H22N2O4. The normalized spacial score (nSPS) is 27.3. The third kappa shape index (κ3) is 3.83. The van der Waals surface area contributed by atoms with Gasteiger partial charge in [-0.05, 0) is 33.6 Å². The molecule has 2 fully saturated rings. The Kier molecular flexibility index (Phi) is 3.71. The van der Waals surface area contributed by atoms with Crippen LogP contribution in [0.15, 0.2) is 0 Å². The van der Waals surface area contributed by atoms with Crippen molar-refractivity contribution in [3.8, 4) is 0 Å². The summed E-state index contributed by atoms with van der Waals surface area (Å²) in [6.45, 7) is 5.47. The Hall–Kier alpha value is -1.30. The van der Waals surface area contributed by atoms with E-state index in [2.05, 4.69) is 5.32 Å². The van der Waals surface area contributed by atoms with E-state index in [1.807, 2.05) is 0 Å². The number of amides is 2. The van der Waals surface area contributed by atoms with Crippen molar-refractivity contribution in [3.63, 3.8) is 0 Å². The highest BCUT2D eigenvalue weighted by atomic mass is 16.6. The minimum atomic E-state index is -0.664. The molecule has 1 heterocycles. The first-order valence-electron chi connectivity index (χ1n) is 6.74. The van der Waals surface area contributed by atoms with Crippen molar-refractivity contribution in [3.05, 3.63) is 0 Å². The Labute approximate surface area is 113 Å². The van der Waals surface area contributed by atoms with E-state index in [0.29, 0.717) is 0 Å². The van der Waals surface area contributed by atoms with Crippen LogP contribution >= 0.6 is 0 Å². The zero-order valence-electron chi connectivity index (χ0n) is 11.7. The second-order valence-corrected chi connectivity index (χ2v) is 6.32. The van der Waals surface area contributed by atoms with Crippen molar-refractivity contribution in [1.82, 2.24) is 10.2 Å². The van der Waals surface area contributed by atoms with Gasteiger partial charge in [0.25, 0.3) is 0 Å². The maximum atomic E-state index is 12.1. The number of carbonyl (C=O) groups excluding carboxylic acids is 2. The molecule has 0 spiro atoms. The highest BCUT2D eigenvalue weighted by Gasteiger charge is 2.42. The van der Waals surface area contributed by atoms with E-state index >= 15 is 0 Å². The number of nitrogens with one attached hydrogen (secondary N) is 1. The molecule has 6 nitrogen and oxygen atoms in total. The number of aliphatic hydroxyl groups is 1. The molecule has 2 atom stereocenters. The first-order chi connectivity index (χ1) is 8.76. The molecule has 0 radical (unpaired) electrons. The molecular weight excluding hydrogens is 248 g/mol. The predicted molar refractivity (Wildman–Crippen MR) is 68.5 cm³/mol. The fraction of sp³-hybridized carbons (Fsp3) is 0.846. The van der Waals surface area contributed by atoms with Gasteiger partial charge < -0.3 is 15.2 Å². The van der Waals surface area contributed by atoms with Gasteiger partial charge >= 0.3 is 6.09 Å². The Bertz CT molecular complexity index is 373. The summed E-state index contributed by atoms with van der Waals surface area (Å²) in [5.41, 5.74) is -0.609. The highest BCUT2D eigenvalue weighted by molar-refractivity contribution is 5.86. The molecule has 0 aromatic heterocycles. The zero-order chi connectivity index (χ0) is 14.2. The van der Waals surface area contributed by atoms with E-state index in [1.54, 1.807) is 20.8 Å². The van der Waals surface area contributed by atoms with Crippen molar-refractivity contribution in [1.29, 1.82) is 0 Å². The van der Waals surface area contributed by atoms with Crippen LogP contribution in [0.1, 0.15) is 40.0 Å². The van der Waals surface area contributed by atoms with Gasteiger partial charge in [-0.3, -0.25) is 9.69 Å². The van der Waals surface area contributed by atoms with Gasteiger partial charge in [-0.25, -0.2) is 4.79 Å². The van der Waals surface area contributed by atoms with Crippen molar-refractivity contribution in [2.24, 2.45) is 0 Å². The van der Waals surface area contributed by atoms with Crippen LogP contribution in [-0.2, 0) is 9.53 Å². The van der Waals surface area contributed by atoms with Gasteiger partial charge in [0, 0.05) is 12.5 Å². The molecule has 1 saturated heterocycles. The molecule has 2 rings (SSSR count). The quantitative estimate of drug-likeness (QED) is 0.771. The topological polar surface area (TPSA) is 78.9 Å². The number of nitrogens with zero attached hydrogens (tertiary/aromatic N) is 1. The molecule has 1 saturated carbocycles. The minimum absolute atomic E-state index is 0.150. The molecule has 2 amide bonds. The van der Waals surface area contributed by atoms with Crippen molar-refractivity contribution < 1.29 is 19.4 Å². The number of carbonyl (C=O) groups is 2. The smallest absolute Gasteiger partial charge is 0.411 e. The summed E-state index contributed by atoms with van der Waals surface area (Å²) in [7, 11) is 0. The zero-order valence-corrected chi connectivity index (χ0v) is 11.7. The molecule has 0 bridgehead atoms. The number of ether oxygens (including phenoxy) is 1. The fourth-order valence-corrected chi connectivity index (χ4v) is 2.11. The SMILES string of the molecule is CC(C)(C)OC(=O)N1C[C@H](O)C[C@H]1C(=O)NC1CC1. The predicted octanol–water partition coefficient (Wildman–Crippen LogP) is 0.635. The third-order valence-electron chi connectivity index (χ3n) is 3.13. The molecule has 108 valence electrons. The number of rotatable bonds is 2. The maximum absolute atomic E-state index is 12.1. The lowest BCUT2D eigenvalue weighted by atomic mass is 10.2. The van der Waals surface area contributed by atoms with Crippen LogP contribution in [0.25, 0.3) is 0 Å². The fourth-order valence-electron chi connectivity index (χ4n) is 2.11. The van der Waals surface area contributed by atoms with Crippen molar-refractivity contribution in [2.45, 2.75) is 63.8 Å². The van der Waals surface area contributed by atoms with Crippen LogP contribution in [-0.4, -0.2) is 52.3 Å². The molecule has 0 aromatic rings. The van der Waals surface area contributed by atoms with E-state index in [1.165, 1.54) is 4.90 Å². The van der Waals surface area contributed by atoms with Crippen LogP contribution in [0.2, 0.25) is 0 Å². The molecule has 1 aliphatic carbocycles. The summed E-state index contributed by atoms with van der Waals surface area (Å²) < 4.78 is 5.27. The second kappa shape index (κ2) is 5.00. The van der Waals surface area contributed by atoms with Crippen molar-refractivity contribution in [2.75, 3.05) is 6.54 Å². The summed E-state index contributed by atoms with van der Waals surface area (Å²) in [5, 5.41) is 12.6. The minimum Gasteiger partial charge on any atom is -0.444 e. The average Bonchev–Trinajstić information content (AvgIpc) is 2.96. The molecule has 2 N–H and O–H groups in total. The summed E-state index contributed by atoms with van der Waals surface area (Å²) in [4.78, 5) is 25.4. The van der Waals surface area contributed by atoms with E-state index in [-0.39, 0.29) is 24.9 Å². The van der Waals surface area contributed by atoms with Crippen LogP contribution in [0, 0.1) is 0 Å². The number of aliphatic hydroxyl groups excluding tert-OH is 1. The van der Waals surface area contributed by atoms with E-state index in [9.17, 15) is 14.7 Å². The van der Waals surface area contributed by atoms with Gasteiger partial charge in [-0.2, -0.15) is 0 Å². The van der Waals surface area contributed by atoms with E-state index < -0.39 is 23.8 Å². The lowest BCUT2D eigenvalue weighted by Gasteiger charge is -2.27. The Morgan fingerprint density at radius 3 is 2.47 bits per heavy atom. The average molecular weight is 270 g/mol. The van der Waals surface area contributed by atoms with Gasteiger partial charge in [-0.15, -0.1) is 0 Å². The number of hydrogen-bond acceptors (Lipinski definition) is 4. The Morgan fingerprint density at radius 1 is 1.32 bits per heavy atom. The lowest BCUT2D eigenvalue weighted by Crippen LogP contribution is -2.48. The second-order valence-electron chi connectivity index (χ2n) is 6.32. The molecule has 0 unspecified atom stereocenters. The molecule has 1 aliphatic heterocycles. The largest absolute Gasteiger partial charge is 0.444 e. The van der Waals surface area contributed by atoms with Gasteiger partial charge in [0.15, 0.2) is 0 Å². The first kappa shape index (κ1) is 14.1. The van der Waals surface area contributed by atoms with Crippen LogP contribution in [0.3, 0.4) is 0 Å². The van der Waals surface area contributed by atoms with Gasteiger partial charge in [0.2, 0.25) is 5.91 Å². The Balaban J connectivity index is 1.99. The van der Waals surface area contributed by atoms with E-state index in [4.69, 9.17) is 4.74 Å². The van der Waals surface area contributed by atoms with Crippen molar-refractivity contribution >= 4 is 12.0 Å². The monoisotopic (exact) mass is 270 g/mol. The van der Waals surface area contributed by atoms with Crippen LogP contribution in [0.4, 0.5) is 4.79 Å².